The van der Waals surface area contributed by atoms with Crippen molar-refractivity contribution in [2.24, 2.45) is 5.73 Å². The van der Waals surface area contributed by atoms with Gasteiger partial charge in [0, 0.05) is 0 Å². The molecular weight excluding hydrogens is 256 g/mol. The molecule has 0 aliphatic heterocycles. The zero-order valence-electron chi connectivity index (χ0n) is 11.4. The van der Waals surface area contributed by atoms with Gasteiger partial charge in [0.2, 0.25) is 5.91 Å². The molecule has 2 rings (SSSR count). The van der Waals surface area contributed by atoms with Gasteiger partial charge in [0.05, 0.1) is 17.4 Å². The molecule has 1 atom stereocenters. The van der Waals surface area contributed by atoms with E-state index in [1.54, 1.807) is 6.07 Å². The van der Waals surface area contributed by atoms with Crippen molar-refractivity contribution in [3.8, 4) is 5.69 Å². The van der Waals surface area contributed by atoms with Gasteiger partial charge in [0.1, 0.15) is 6.33 Å². The fraction of sp³-hybridized carbons (Fsp3) is 0.385. The zero-order chi connectivity index (χ0) is 14.4. The predicted molar refractivity (Wildman–Crippen MR) is 75.3 cm³/mol. The van der Waals surface area contributed by atoms with Crippen molar-refractivity contribution in [3.63, 3.8) is 0 Å². The maximum Gasteiger partial charge on any atom is 0.241 e. The maximum absolute atomic E-state index is 12.0. The van der Waals surface area contributed by atoms with Gasteiger partial charge in [-0.1, -0.05) is 31.9 Å². The number of anilines is 1. The molecule has 7 heteroatoms. The lowest BCUT2D eigenvalue weighted by Crippen LogP contribution is -2.35. The number of hydrogen-bond donors (Lipinski definition) is 2. The van der Waals surface area contributed by atoms with E-state index in [4.69, 9.17) is 5.73 Å². The van der Waals surface area contributed by atoms with E-state index in [2.05, 4.69) is 27.8 Å². The number of amides is 1. The lowest BCUT2D eigenvalue weighted by Gasteiger charge is -2.14. The highest BCUT2D eigenvalue weighted by atomic mass is 16.2. The van der Waals surface area contributed by atoms with Crippen LogP contribution in [-0.4, -0.2) is 32.2 Å². The van der Waals surface area contributed by atoms with Crippen molar-refractivity contribution in [1.82, 2.24) is 20.2 Å². The Morgan fingerprint density at radius 1 is 1.45 bits per heavy atom. The Balaban J connectivity index is 2.12. The first-order valence-corrected chi connectivity index (χ1v) is 6.61. The molecule has 0 aliphatic carbocycles. The van der Waals surface area contributed by atoms with Crippen LogP contribution in [0.5, 0.6) is 0 Å². The number of rotatable bonds is 6. The molecule has 1 unspecified atom stereocenters. The second-order valence-electron chi connectivity index (χ2n) is 4.51. The topological polar surface area (TPSA) is 98.7 Å². The van der Waals surface area contributed by atoms with Crippen LogP contribution in [0.3, 0.4) is 0 Å². The van der Waals surface area contributed by atoms with Crippen LogP contribution in [-0.2, 0) is 4.79 Å². The molecule has 0 radical (unpaired) electrons. The summed E-state index contributed by atoms with van der Waals surface area (Å²) in [7, 11) is 0. The molecule has 20 heavy (non-hydrogen) atoms. The molecule has 3 N–H and O–H groups in total. The summed E-state index contributed by atoms with van der Waals surface area (Å²) in [5.74, 6) is -0.195. The summed E-state index contributed by atoms with van der Waals surface area (Å²) in [6, 6.07) is 6.80. The molecule has 1 aromatic carbocycles. The molecule has 0 fully saturated rings. The van der Waals surface area contributed by atoms with E-state index < -0.39 is 6.04 Å². The fourth-order valence-corrected chi connectivity index (χ4v) is 1.83. The first-order chi connectivity index (χ1) is 9.72. The van der Waals surface area contributed by atoms with Crippen molar-refractivity contribution < 1.29 is 4.79 Å². The molecule has 1 aromatic heterocycles. The summed E-state index contributed by atoms with van der Waals surface area (Å²) in [4.78, 5) is 12.0. The first-order valence-electron chi connectivity index (χ1n) is 6.61. The minimum Gasteiger partial charge on any atom is -0.323 e. The Morgan fingerprint density at radius 3 is 2.95 bits per heavy atom. The van der Waals surface area contributed by atoms with Crippen LogP contribution in [0.1, 0.15) is 26.2 Å². The van der Waals surface area contributed by atoms with Crippen molar-refractivity contribution in [2.75, 3.05) is 5.32 Å². The molecule has 2 aromatic rings. The van der Waals surface area contributed by atoms with E-state index in [9.17, 15) is 4.79 Å². The van der Waals surface area contributed by atoms with Gasteiger partial charge in [0.25, 0.3) is 0 Å². The normalized spacial score (nSPS) is 12.1. The fourth-order valence-electron chi connectivity index (χ4n) is 1.83. The average Bonchev–Trinajstić information content (AvgIpc) is 2.99. The highest BCUT2D eigenvalue weighted by Crippen LogP contribution is 2.18. The number of carbonyl (C=O) groups excluding carboxylic acids is 1. The predicted octanol–water partition coefficient (Wildman–Crippen LogP) is 1.12. The van der Waals surface area contributed by atoms with Crippen molar-refractivity contribution in [3.05, 3.63) is 30.6 Å². The molecule has 0 aliphatic rings. The Bertz CT molecular complexity index is 554. The summed E-state index contributed by atoms with van der Waals surface area (Å²) < 4.78 is 1.49. The Hall–Kier alpha value is -2.28. The number of nitrogens with one attached hydrogen (secondary N) is 1. The van der Waals surface area contributed by atoms with E-state index in [1.807, 2.05) is 18.2 Å². The van der Waals surface area contributed by atoms with Crippen LogP contribution in [0.2, 0.25) is 0 Å². The van der Waals surface area contributed by atoms with Gasteiger partial charge in [-0.15, -0.1) is 5.10 Å². The minimum absolute atomic E-state index is 0.195. The van der Waals surface area contributed by atoms with Crippen LogP contribution >= 0.6 is 0 Å². The number of aromatic nitrogens is 4. The summed E-state index contributed by atoms with van der Waals surface area (Å²) in [6.07, 6.45) is 4.10. The Morgan fingerprint density at radius 2 is 2.25 bits per heavy atom. The Labute approximate surface area is 117 Å². The van der Waals surface area contributed by atoms with Gasteiger partial charge >= 0.3 is 0 Å². The SMILES string of the molecule is CCCCC(N)C(=O)Nc1ccccc1-n1cnnn1. The molecule has 7 nitrogen and oxygen atoms in total. The van der Waals surface area contributed by atoms with Gasteiger partial charge in [-0.2, -0.15) is 4.68 Å². The second-order valence-corrected chi connectivity index (χ2v) is 4.51. The molecule has 1 heterocycles. The van der Waals surface area contributed by atoms with E-state index >= 15 is 0 Å². The number of unbranched alkanes of at least 4 members (excludes halogenated alkanes) is 1. The smallest absolute Gasteiger partial charge is 0.241 e. The molecule has 106 valence electrons. The highest BCUT2D eigenvalue weighted by molar-refractivity contribution is 5.96. The standard InChI is InChI=1S/C13H18N6O/c1-2-3-6-10(14)13(20)16-11-7-4-5-8-12(11)19-9-15-17-18-19/h4-5,7-10H,2-3,6,14H2,1H3,(H,16,20). The third-order valence-corrected chi connectivity index (χ3v) is 2.96. The summed E-state index contributed by atoms with van der Waals surface area (Å²) >= 11 is 0. The number of benzene rings is 1. The summed E-state index contributed by atoms with van der Waals surface area (Å²) in [5, 5.41) is 13.8. The molecule has 0 spiro atoms. The van der Waals surface area contributed by atoms with Crippen molar-refractivity contribution >= 4 is 11.6 Å². The number of hydrogen-bond acceptors (Lipinski definition) is 5. The highest BCUT2D eigenvalue weighted by Gasteiger charge is 2.15. The molecular formula is C13H18N6O. The van der Waals surface area contributed by atoms with E-state index in [-0.39, 0.29) is 5.91 Å². The number of nitrogens with zero attached hydrogens (tertiary/aromatic N) is 4. The third kappa shape index (κ3) is 3.39. The quantitative estimate of drug-likeness (QED) is 0.822. The Kier molecular flexibility index (Phi) is 4.78. The van der Waals surface area contributed by atoms with Gasteiger partial charge in [-0.05, 0) is 29.0 Å². The zero-order valence-corrected chi connectivity index (χ0v) is 11.4. The lowest BCUT2D eigenvalue weighted by molar-refractivity contribution is -0.117. The van der Waals surface area contributed by atoms with Crippen LogP contribution < -0.4 is 11.1 Å². The van der Waals surface area contributed by atoms with Crippen LogP contribution in [0.25, 0.3) is 5.69 Å². The number of tetrazole rings is 1. The maximum atomic E-state index is 12.0. The summed E-state index contributed by atoms with van der Waals surface area (Å²) in [6.45, 7) is 2.07. The van der Waals surface area contributed by atoms with Gasteiger partial charge in [0.15, 0.2) is 0 Å². The lowest BCUT2D eigenvalue weighted by atomic mass is 10.1. The average molecular weight is 274 g/mol. The monoisotopic (exact) mass is 274 g/mol. The van der Waals surface area contributed by atoms with Gasteiger partial charge in [-0.3, -0.25) is 4.79 Å². The molecule has 1 amide bonds. The molecule has 0 saturated heterocycles. The van der Waals surface area contributed by atoms with E-state index in [1.165, 1.54) is 11.0 Å². The number of nitrogens with two attached hydrogens (primary N) is 1. The van der Waals surface area contributed by atoms with Crippen LogP contribution in [0.15, 0.2) is 30.6 Å². The molecule has 0 saturated carbocycles. The van der Waals surface area contributed by atoms with Crippen LogP contribution in [0.4, 0.5) is 5.69 Å². The second kappa shape index (κ2) is 6.76. The van der Waals surface area contributed by atoms with Crippen molar-refractivity contribution in [2.45, 2.75) is 32.2 Å². The van der Waals surface area contributed by atoms with E-state index in [0.29, 0.717) is 17.8 Å². The minimum atomic E-state index is -0.503. The van der Waals surface area contributed by atoms with Gasteiger partial charge in [-0.25, -0.2) is 0 Å². The molecule has 0 bridgehead atoms. The first kappa shape index (κ1) is 14.1. The van der Waals surface area contributed by atoms with Crippen LogP contribution in [0, 0.1) is 0 Å². The number of carbonyl (C=O) groups is 1. The van der Waals surface area contributed by atoms with Crippen molar-refractivity contribution in [1.29, 1.82) is 0 Å². The largest absolute Gasteiger partial charge is 0.323 e. The van der Waals surface area contributed by atoms with E-state index in [0.717, 1.165) is 12.8 Å². The summed E-state index contributed by atoms with van der Waals surface area (Å²) in [5.41, 5.74) is 7.20. The number of para-hydroxylation sites is 2. The van der Waals surface area contributed by atoms with Gasteiger partial charge < -0.3 is 11.1 Å². The third-order valence-electron chi connectivity index (χ3n) is 2.96.